The predicted octanol–water partition coefficient (Wildman–Crippen LogP) is 3.16. The van der Waals surface area contributed by atoms with Gasteiger partial charge in [-0.05, 0) is 38.1 Å². The number of nitriles is 1. The summed E-state index contributed by atoms with van der Waals surface area (Å²) in [6.45, 7) is 3.88. The van der Waals surface area contributed by atoms with Gasteiger partial charge >= 0.3 is 11.6 Å². The van der Waals surface area contributed by atoms with Crippen LogP contribution in [0.4, 0.5) is 11.4 Å². The highest BCUT2D eigenvalue weighted by Crippen LogP contribution is 2.26. The highest BCUT2D eigenvalue weighted by Gasteiger charge is 2.29. The van der Waals surface area contributed by atoms with Gasteiger partial charge in [0, 0.05) is 11.4 Å². The number of benzene rings is 2. The van der Waals surface area contributed by atoms with Crippen LogP contribution in [-0.2, 0) is 4.79 Å². The number of anilines is 2. The summed E-state index contributed by atoms with van der Waals surface area (Å²) in [6, 6.07) is 16.2. The van der Waals surface area contributed by atoms with E-state index >= 15 is 0 Å². The lowest BCUT2D eigenvalue weighted by atomic mass is 10.1. The summed E-state index contributed by atoms with van der Waals surface area (Å²) >= 11 is 0. The number of carbonyl (C=O) groups is 1. The maximum atomic E-state index is 12.5. The zero-order valence-corrected chi connectivity index (χ0v) is 12.3. The van der Waals surface area contributed by atoms with Crippen molar-refractivity contribution in [3.05, 3.63) is 65.2 Å². The van der Waals surface area contributed by atoms with E-state index in [4.69, 9.17) is 10.8 Å². The highest BCUT2D eigenvalue weighted by atomic mass is 16.2. The summed E-state index contributed by atoms with van der Waals surface area (Å²) in [7, 11) is 0. The van der Waals surface area contributed by atoms with Gasteiger partial charge in [0.2, 0.25) is 0 Å². The van der Waals surface area contributed by atoms with Crippen molar-refractivity contribution in [2.45, 2.75) is 13.8 Å². The maximum absolute atomic E-state index is 12.5. The predicted molar refractivity (Wildman–Crippen MR) is 83.7 cm³/mol. The lowest BCUT2D eigenvalue weighted by molar-refractivity contribution is -0.115. The molecule has 0 atom stereocenters. The van der Waals surface area contributed by atoms with Crippen molar-refractivity contribution in [1.82, 2.24) is 0 Å². The van der Waals surface area contributed by atoms with Crippen molar-refractivity contribution in [2.24, 2.45) is 0 Å². The van der Waals surface area contributed by atoms with Gasteiger partial charge in [0.1, 0.15) is 0 Å². The molecule has 22 heavy (non-hydrogen) atoms. The minimum Gasteiger partial charge on any atom is -0.360 e. The number of rotatable bonds is 3. The van der Waals surface area contributed by atoms with Gasteiger partial charge in [-0.15, -0.1) is 4.79 Å². The van der Waals surface area contributed by atoms with E-state index in [0.29, 0.717) is 11.4 Å². The first-order valence-corrected chi connectivity index (χ1v) is 6.66. The van der Waals surface area contributed by atoms with E-state index in [1.807, 2.05) is 38.1 Å². The van der Waals surface area contributed by atoms with Crippen LogP contribution in [0.5, 0.6) is 0 Å². The fourth-order valence-corrected chi connectivity index (χ4v) is 1.99. The van der Waals surface area contributed by atoms with E-state index in [1.54, 1.807) is 30.3 Å². The summed E-state index contributed by atoms with van der Waals surface area (Å²) < 4.78 is 0. The van der Waals surface area contributed by atoms with Crippen molar-refractivity contribution in [3.8, 4) is 6.07 Å². The summed E-state index contributed by atoms with van der Waals surface area (Å²) in [5, 5.41) is 8.94. The molecule has 0 aromatic heterocycles. The first-order chi connectivity index (χ1) is 10.6. The number of aryl methyl sites for hydroxylation is 2. The SMILES string of the molecule is Cc1ccc(N(C(=O)C(C#N)=[N+]=[N-])c2ccc(C)cc2)cc1. The lowest BCUT2D eigenvalue weighted by Gasteiger charge is -2.20. The van der Waals surface area contributed by atoms with Crippen LogP contribution in [0.15, 0.2) is 48.5 Å². The Balaban J connectivity index is 2.56. The molecule has 0 spiro atoms. The van der Waals surface area contributed by atoms with Crippen LogP contribution < -0.4 is 4.90 Å². The molecule has 2 rings (SSSR count). The molecule has 0 heterocycles. The Kier molecular flexibility index (Phi) is 4.47. The van der Waals surface area contributed by atoms with E-state index in [-0.39, 0.29) is 0 Å². The molecule has 0 unspecified atom stereocenters. The van der Waals surface area contributed by atoms with Gasteiger partial charge in [0.05, 0.1) is 0 Å². The van der Waals surface area contributed by atoms with Gasteiger partial charge in [-0.1, -0.05) is 35.4 Å². The molecule has 1 amide bonds. The van der Waals surface area contributed by atoms with Crippen LogP contribution in [0.1, 0.15) is 11.1 Å². The Morgan fingerprint density at radius 3 is 1.73 bits per heavy atom. The number of hydrogen-bond donors (Lipinski definition) is 0. The van der Waals surface area contributed by atoms with E-state index in [0.717, 1.165) is 11.1 Å². The molecule has 2 aromatic rings. The molecular formula is C17H14N4O. The van der Waals surface area contributed by atoms with E-state index < -0.39 is 11.6 Å². The molecule has 0 aliphatic carbocycles. The molecule has 0 saturated carbocycles. The first kappa shape index (κ1) is 15.2. The Morgan fingerprint density at radius 1 is 1.00 bits per heavy atom. The van der Waals surface area contributed by atoms with Gasteiger partial charge in [0.25, 0.3) is 0 Å². The van der Waals surface area contributed by atoms with Gasteiger partial charge in [-0.25, -0.2) is 0 Å². The molecule has 2 aromatic carbocycles. The average Bonchev–Trinajstić information content (AvgIpc) is 2.52. The molecule has 5 heteroatoms. The van der Waals surface area contributed by atoms with Crippen LogP contribution in [0, 0.1) is 25.2 Å². The maximum Gasteiger partial charge on any atom is 0.456 e. The van der Waals surface area contributed by atoms with Crippen molar-refractivity contribution in [2.75, 3.05) is 4.90 Å². The quantitative estimate of drug-likeness (QED) is 0.494. The van der Waals surface area contributed by atoms with Crippen LogP contribution in [0.3, 0.4) is 0 Å². The number of hydrogen-bond acceptors (Lipinski definition) is 2. The highest BCUT2D eigenvalue weighted by molar-refractivity contribution is 6.48. The Labute approximate surface area is 128 Å². The molecule has 0 radical (unpaired) electrons. The van der Waals surface area contributed by atoms with E-state index in [2.05, 4.69) is 4.79 Å². The van der Waals surface area contributed by atoms with Crippen LogP contribution >= 0.6 is 0 Å². The molecule has 0 fully saturated rings. The molecule has 108 valence electrons. The zero-order chi connectivity index (χ0) is 16.1. The van der Waals surface area contributed by atoms with Gasteiger partial charge in [-0.3, -0.25) is 9.69 Å². The second-order valence-corrected chi connectivity index (χ2v) is 4.87. The van der Waals surface area contributed by atoms with Crippen molar-refractivity contribution in [1.29, 1.82) is 5.26 Å². The summed E-state index contributed by atoms with van der Waals surface area (Å²) in [5.74, 6) is -0.683. The third kappa shape index (κ3) is 3.09. The smallest absolute Gasteiger partial charge is 0.360 e. The summed E-state index contributed by atoms with van der Waals surface area (Å²) in [6.07, 6.45) is 0. The van der Waals surface area contributed by atoms with Gasteiger partial charge < -0.3 is 5.53 Å². The van der Waals surface area contributed by atoms with Crippen LogP contribution in [0.2, 0.25) is 0 Å². The topological polar surface area (TPSA) is 80.5 Å². The average molecular weight is 290 g/mol. The second-order valence-electron chi connectivity index (χ2n) is 4.87. The van der Waals surface area contributed by atoms with Crippen molar-refractivity contribution < 1.29 is 9.58 Å². The number of nitrogens with zero attached hydrogens (tertiary/aromatic N) is 4. The first-order valence-electron chi connectivity index (χ1n) is 6.66. The minimum absolute atomic E-state index is 0.568. The molecule has 0 saturated heterocycles. The third-order valence-electron chi connectivity index (χ3n) is 3.20. The number of amides is 1. The minimum atomic E-state index is -0.683. The van der Waals surface area contributed by atoms with E-state index in [9.17, 15) is 4.79 Å². The largest absolute Gasteiger partial charge is 0.456 e. The monoisotopic (exact) mass is 290 g/mol. The third-order valence-corrected chi connectivity index (χ3v) is 3.20. The fourth-order valence-electron chi connectivity index (χ4n) is 1.99. The fraction of sp³-hybridized carbons (Fsp3) is 0.118. The molecule has 0 N–H and O–H groups in total. The summed E-state index contributed by atoms with van der Waals surface area (Å²) in [5.41, 5.74) is 11.6. The summed E-state index contributed by atoms with van der Waals surface area (Å²) in [4.78, 5) is 16.6. The van der Waals surface area contributed by atoms with Crippen molar-refractivity contribution in [3.63, 3.8) is 0 Å². The molecular weight excluding hydrogens is 276 g/mol. The Hall–Kier alpha value is -3.22. The molecule has 0 aliphatic heterocycles. The number of carbonyl (C=O) groups excluding carboxylic acids is 1. The van der Waals surface area contributed by atoms with E-state index in [1.165, 1.54) is 4.90 Å². The van der Waals surface area contributed by atoms with Crippen LogP contribution in [-0.4, -0.2) is 16.4 Å². The molecule has 0 bridgehead atoms. The lowest BCUT2D eigenvalue weighted by Crippen LogP contribution is -2.32. The molecule has 0 aliphatic rings. The zero-order valence-electron chi connectivity index (χ0n) is 12.3. The van der Waals surface area contributed by atoms with Crippen molar-refractivity contribution >= 4 is 23.0 Å². The second kappa shape index (κ2) is 6.49. The molecule has 5 nitrogen and oxygen atoms in total. The van der Waals surface area contributed by atoms with Crippen LogP contribution in [0.25, 0.3) is 5.53 Å². The van der Waals surface area contributed by atoms with Gasteiger partial charge in [-0.2, -0.15) is 5.26 Å². The van der Waals surface area contributed by atoms with Gasteiger partial charge in [0.15, 0.2) is 6.07 Å². The standard InChI is InChI=1S/C17H14N4O/c1-12-3-7-14(8-4-12)21(17(22)16(11-18)20-19)15-9-5-13(2)6-10-15/h3-10H,1-2H3. The normalized spacial score (nSPS) is 9.50. The Morgan fingerprint density at radius 2 is 1.41 bits per heavy atom. The Bertz CT molecular complexity index is 733.